The first kappa shape index (κ1) is 18.8. The Morgan fingerprint density at radius 1 is 1.32 bits per heavy atom. The van der Waals surface area contributed by atoms with Crippen molar-refractivity contribution in [3.8, 4) is 0 Å². The van der Waals surface area contributed by atoms with E-state index in [0.29, 0.717) is 6.61 Å². The Morgan fingerprint density at radius 3 is 2.53 bits per heavy atom. The fourth-order valence-corrected chi connectivity index (χ4v) is 2.94. The van der Waals surface area contributed by atoms with Crippen LogP contribution in [0.5, 0.6) is 0 Å². The molecule has 0 saturated carbocycles. The minimum Gasteiger partial charge on any atom is -0.465 e. The van der Waals surface area contributed by atoms with Crippen molar-refractivity contribution in [3.05, 3.63) is 0 Å². The van der Waals surface area contributed by atoms with E-state index in [9.17, 15) is 4.79 Å². The minimum absolute atomic E-state index is 0.119. The van der Waals surface area contributed by atoms with Gasteiger partial charge in [0.25, 0.3) is 0 Å². The van der Waals surface area contributed by atoms with E-state index in [4.69, 9.17) is 4.74 Å². The number of nitrogens with one attached hydrogen (secondary N) is 1. The maximum absolute atomic E-state index is 12.0. The molecule has 3 nitrogen and oxygen atoms in total. The molecule has 114 valence electrons. The lowest BCUT2D eigenvalue weighted by atomic mass is 9.95. The summed E-state index contributed by atoms with van der Waals surface area (Å²) in [6.07, 6.45) is 4.30. The summed E-state index contributed by atoms with van der Waals surface area (Å²) >= 11 is 2.02. The number of ether oxygens (including phenoxy) is 1. The second kappa shape index (κ2) is 10.6. The molecule has 0 bridgehead atoms. The maximum Gasteiger partial charge on any atom is 0.326 e. The first-order chi connectivity index (χ1) is 9.00. The summed E-state index contributed by atoms with van der Waals surface area (Å²) < 4.78 is 5.17. The normalized spacial score (nSPS) is 15.8. The van der Waals surface area contributed by atoms with E-state index in [1.807, 2.05) is 32.5 Å². The number of thioether (sulfide) groups is 1. The van der Waals surface area contributed by atoms with Gasteiger partial charge in [-0.15, -0.1) is 0 Å². The van der Waals surface area contributed by atoms with Crippen LogP contribution in [0.15, 0.2) is 0 Å². The lowest BCUT2D eigenvalue weighted by Crippen LogP contribution is -2.50. The molecular weight excluding hydrogens is 258 g/mol. The monoisotopic (exact) mass is 289 g/mol. The van der Waals surface area contributed by atoms with Crippen molar-refractivity contribution in [2.45, 2.75) is 71.1 Å². The molecule has 0 fully saturated rings. The summed E-state index contributed by atoms with van der Waals surface area (Å²) in [5, 5.41) is 4.01. The molecule has 0 heterocycles. The second-order valence-corrected chi connectivity index (χ2v) is 6.68. The number of carbonyl (C=O) groups excluding carboxylic acids is 1. The fourth-order valence-electron chi connectivity index (χ4n) is 1.93. The third kappa shape index (κ3) is 7.83. The van der Waals surface area contributed by atoms with Gasteiger partial charge in [0.15, 0.2) is 0 Å². The van der Waals surface area contributed by atoms with Crippen LogP contribution >= 0.6 is 11.8 Å². The number of hydrogen-bond donors (Lipinski definition) is 1. The molecule has 0 aromatic carbocycles. The van der Waals surface area contributed by atoms with Crippen LogP contribution in [0.1, 0.15) is 60.3 Å². The van der Waals surface area contributed by atoms with Crippen molar-refractivity contribution in [3.63, 3.8) is 0 Å². The van der Waals surface area contributed by atoms with Crippen LogP contribution in [0, 0.1) is 0 Å². The van der Waals surface area contributed by atoms with E-state index >= 15 is 0 Å². The van der Waals surface area contributed by atoms with Gasteiger partial charge in [-0.1, -0.05) is 27.2 Å². The van der Waals surface area contributed by atoms with Crippen LogP contribution in [-0.2, 0) is 9.53 Å². The van der Waals surface area contributed by atoms with Crippen molar-refractivity contribution in [2.75, 3.05) is 18.9 Å². The summed E-state index contributed by atoms with van der Waals surface area (Å²) in [6, 6.07) is 0. The molecule has 0 aliphatic heterocycles. The zero-order valence-electron chi connectivity index (χ0n) is 13.3. The molecule has 0 rings (SSSR count). The van der Waals surface area contributed by atoms with E-state index in [1.165, 1.54) is 12.2 Å². The van der Waals surface area contributed by atoms with Crippen LogP contribution in [0.3, 0.4) is 0 Å². The molecule has 1 N–H and O–H groups in total. The highest BCUT2D eigenvalue weighted by atomic mass is 32.2. The van der Waals surface area contributed by atoms with Gasteiger partial charge in [0.2, 0.25) is 0 Å². The SMILES string of the molecule is CCNC(C)(CCCCSC(C)CC)C(=O)OCC. The number of unbranched alkanes of at least 4 members (excludes halogenated alkanes) is 1. The number of carbonyl (C=O) groups is 1. The quantitative estimate of drug-likeness (QED) is 0.466. The fraction of sp³-hybridized carbons (Fsp3) is 0.933. The van der Waals surface area contributed by atoms with Crippen molar-refractivity contribution >= 4 is 17.7 Å². The highest BCUT2D eigenvalue weighted by Crippen LogP contribution is 2.20. The van der Waals surface area contributed by atoms with Gasteiger partial charge < -0.3 is 10.1 Å². The molecule has 2 atom stereocenters. The molecule has 0 spiro atoms. The molecule has 0 radical (unpaired) electrons. The number of rotatable bonds is 11. The van der Waals surface area contributed by atoms with Crippen molar-refractivity contribution in [1.29, 1.82) is 0 Å². The van der Waals surface area contributed by atoms with E-state index < -0.39 is 5.54 Å². The Labute approximate surface area is 123 Å². The lowest BCUT2D eigenvalue weighted by molar-refractivity contribution is -0.150. The zero-order valence-corrected chi connectivity index (χ0v) is 14.1. The minimum atomic E-state index is -0.522. The van der Waals surface area contributed by atoms with Gasteiger partial charge in [0.05, 0.1) is 6.61 Å². The Balaban J connectivity index is 4.03. The molecule has 0 saturated heterocycles. The van der Waals surface area contributed by atoms with Gasteiger partial charge in [0, 0.05) is 5.25 Å². The van der Waals surface area contributed by atoms with Crippen LogP contribution in [0.4, 0.5) is 0 Å². The Hall–Kier alpha value is -0.220. The van der Waals surface area contributed by atoms with Crippen LogP contribution < -0.4 is 5.32 Å². The van der Waals surface area contributed by atoms with Crippen LogP contribution in [-0.4, -0.2) is 35.7 Å². The van der Waals surface area contributed by atoms with Gasteiger partial charge >= 0.3 is 5.97 Å². The van der Waals surface area contributed by atoms with Gasteiger partial charge in [-0.25, -0.2) is 0 Å². The van der Waals surface area contributed by atoms with Crippen molar-refractivity contribution in [2.24, 2.45) is 0 Å². The Bertz CT molecular complexity index is 248. The summed E-state index contributed by atoms with van der Waals surface area (Å²) in [6.45, 7) is 11.6. The summed E-state index contributed by atoms with van der Waals surface area (Å²) in [5.41, 5.74) is -0.522. The predicted molar refractivity (Wildman–Crippen MR) is 84.8 cm³/mol. The van der Waals surface area contributed by atoms with Gasteiger partial charge in [-0.3, -0.25) is 4.79 Å². The first-order valence-corrected chi connectivity index (χ1v) is 8.58. The lowest BCUT2D eigenvalue weighted by Gasteiger charge is -2.28. The van der Waals surface area contributed by atoms with E-state index in [2.05, 4.69) is 19.2 Å². The smallest absolute Gasteiger partial charge is 0.326 e. The second-order valence-electron chi connectivity index (χ2n) is 5.13. The molecule has 19 heavy (non-hydrogen) atoms. The van der Waals surface area contributed by atoms with E-state index in [-0.39, 0.29) is 5.97 Å². The highest BCUT2D eigenvalue weighted by molar-refractivity contribution is 7.99. The zero-order chi connectivity index (χ0) is 14.7. The van der Waals surface area contributed by atoms with Crippen molar-refractivity contribution < 1.29 is 9.53 Å². The van der Waals surface area contributed by atoms with Crippen LogP contribution in [0.2, 0.25) is 0 Å². The summed E-state index contributed by atoms with van der Waals surface area (Å²) in [4.78, 5) is 12.0. The van der Waals surface area contributed by atoms with Crippen LogP contribution in [0.25, 0.3) is 0 Å². The average molecular weight is 289 g/mol. The van der Waals surface area contributed by atoms with E-state index in [0.717, 1.165) is 31.1 Å². The van der Waals surface area contributed by atoms with Crippen molar-refractivity contribution in [1.82, 2.24) is 5.32 Å². The number of likely N-dealkylation sites (N-methyl/N-ethyl adjacent to an activating group) is 1. The first-order valence-electron chi connectivity index (χ1n) is 7.54. The summed E-state index contributed by atoms with van der Waals surface area (Å²) in [7, 11) is 0. The molecule has 0 aromatic rings. The molecule has 4 heteroatoms. The molecule has 0 aromatic heterocycles. The molecule has 0 amide bonds. The highest BCUT2D eigenvalue weighted by Gasteiger charge is 2.32. The third-order valence-corrected chi connectivity index (χ3v) is 4.77. The number of hydrogen-bond acceptors (Lipinski definition) is 4. The number of esters is 1. The largest absolute Gasteiger partial charge is 0.465 e. The molecule has 0 aliphatic carbocycles. The van der Waals surface area contributed by atoms with Gasteiger partial charge in [-0.05, 0) is 45.4 Å². The van der Waals surface area contributed by atoms with Gasteiger partial charge in [-0.2, -0.15) is 11.8 Å². The topological polar surface area (TPSA) is 38.3 Å². The third-order valence-electron chi connectivity index (χ3n) is 3.34. The molecule has 0 aliphatic rings. The molecule has 2 unspecified atom stereocenters. The predicted octanol–water partition coefficient (Wildman–Crippen LogP) is 3.62. The summed E-state index contributed by atoms with van der Waals surface area (Å²) in [5.74, 6) is 1.06. The average Bonchev–Trinajstić information content (AvgIpc) is 2.38. The van der Waals surface area contributed by atoms with E-state index in [1.54, 1.807) is 0 Å². The standard InChI is InChI=1S/C15H31NO2S/c1-6-13(4)19-12-10-9-11-15(5,16-7-2)14(17)18-8-3/h13,16H,6-12H2,1-5H3. The Morgan fingerprint density at radius 2 is 2.00 bits per heavy atom. The molecular formula is C15H31NO2S. The van der Waals surface area contributed by atoms with Gasteiger partial charge in [0.1, 0.15) is 5.54 Å². The Kier molecular flexibility index (Phi) is 10.4. The maximum atomic E-state index is 12.0.